The van der Waals surface area contributed by atoms with Gasteiger partial charge in [-0.05, 0) is 13.0 Å². The summed E-state index contributed by atoms with van der Waals surface area (Å²) >= 11 is 0. The summed E-state index contributed by atoms with van der Waals surface area (Å²) in [7, 11) is 0. The highest BCUT2D eigenvalue weighted by Crippen LogP contribution is 2.18. The van der Waals surface area contributed by atoms with Crippen LogP contribution in [0.5, 0.6) is 0 Å². The summed E-state index contributed by atoms with van der Waals surface area (Å²) in [5.74, 6) is 2.94. The Kier molecular flexibility index (Phi) is 2.97. The number of halogens is 1. The zero-order valence-electron chi connectivity index (χ0n) is 7.16. The van der Waals surface area contributed by atoms with Crippen LogP contribution in [0, 0.1) is 5.82 Å². The second kappa shape index (κ2) is 4.00. The molecule has 0 radical (unpaired) electrons. The van der Waals surface area contributed by atoms with Crippen LogP contribution in [0.4, 0.5) is 4.39 Å². The molecule has 1 aromatic rings. The molecule has 4 heteroatoms. The van der Waals surface area contributed by atoms with Crippen molar-refractivity contribution >= 4 is 5.97 Å². The van der Waals surface area contributed by atoms with E-state index in [2.05, 4.69) is 10.7 Å². The minimum Gasteiger partial charge on any atom is -0.373 e. The fourth-order valence-corrected chi connectivity index (χ4v) is 1.06. The average molecular weight is 183 g/mol. The predicted molar refractivity (Wildman–Crippen MR) is 45.1 cm³/mol. The van der Waals surface area contributed by atoms with Gasteiger partial charge >= 0.3 is 5.97 Å². The lowest BCUT2D eigenvalue weighted by Gasteiger charge is -2.08. The van der Waals surface area contributed by atoms with Crippen LogP contribution < -0.4 is 5.90 Å². The molecule has 1 atom stereocenters. The van der Waals surface area contributed by atoms with E-state index in [-0.39, 0.29) is 5.56 Å². The molecule has 0 fully saturated rings. The van der Waals surface area contributed by atoms with Crippen LogP contribution >= 0.6 is 0 Å². The molecule has 0 spiro atoms. The van der Waals surface area contributed by atoms with Gasteiger partial charge in [-0.3, -0.25) is 0 Å². The topological polar surface area (TPSA) is 52.3 Å². The summed E-state index contributed by atoms with van der Waals surface area (Å²) in [6.45, 7) is 1.54. The van der Waals surface area contributed by atoms with E-state index >= 15 is 0 Å². The fourth-order valence-electron chi connectivity index (χ4n) is 1.06. The monoisotopic (exact) mass is 183 g/mol. The molecule has 0 saturated heterocycles. The van der Waals surface area contributed by atoms with Gasteiger partial charge < -0.3 is 4.84 Å². The minimum absolute atomic E-state index is 0.290. The molecule has 0 aliphatic heterocycles. The highest BCUT2D eigenvalue weighted by Gasteiger charge is 2.18. The third-order valence-corrected chi connectivity index (χ3v) is 1.84. The van der Waals surface area contributed by atoms with E-state index in [4.69, 9.17) is 0 Å². The van der Waals surface area contributed by atoms with Crippen molar-refractivity contribution in [1.29, 1.82) is 0 Å². The second-order valence-electron chi connectivity index (χ2n) is 2.68. The fraction of sp³-hybridized carbons (Fsp3) is 0.222. The lowest BCUT2D eigenvalue weighted by Crippen LogP contribution is -2.17. The smallest absolute Gasteiger partial charge is 0.331 e. The maximum atomic E-state index is 13.1. The van der Waals surface area contributed by atoms with Crippen molar-refractivity contribution in [3.05, 3.63) is 35.6 Å². The molecule has 1 aromatic carbocycles. The summed E-state index contributed by atoms with van der Waals surface area (Å²) in [5.41, 5.74) is 0.290. The molecule has 1 rings (SSSR count). The normalized spacial score (nSPS) is 12.2. The van der Waals surface area contributed by atoms with Crippen LogP contribution in [0.25, 0.3) is 0 Å². The molecule has 0 bridgehead atoms. The van der Waals surface area contributed by atoms with E-state index in [0.717, 1.165) is 0 Å². The van der Waals surface area contributed by atoms with Crippen molar-refractivity contribution in [1.82, 2.24) is 0 Å². The lowest BCUT2D eigenvalue weighted by molar-refractivity contribution is -0.145. The first-order chi connectivity index (χ1) is 6.16. The van der Waals surface area contributed by atoms with Gasteiger partial charge in [0.25, 0.3) is 0 Å². The van der Waals surface area contributed by atoms with Gasteiger partial charge in [0.15, 0.2) is 0 Å². The maximum absolute atomic E-state index is 13.1. The van der Waals surface area contributed by atoms with E-state index in [9.17, 15) is 9.18 Å². The van der Waals surface area contributed by atoms with E-state index in [1.54, 1.807) is 12.1 Å². The quantitative estimate of drug-likeness (QED) is 0.704. The number of nitrogens with two attached hydrogens (primary N) is 1. The molecule has 0 aromatic heterocycles. The summed E-state index contributed by atoms with van der Waals surface area (Å²) in [6.07, 6.45) is 0. The average Bonchev–Trinajstić information content (AvgIpc) is 2.16. The number of hydrogen-bond acceptors (Lipinski definition) is 3. The first-order valence-corrected chi connectivity index (χ1v) is 3.81. The summed E-state index contributed by atoms with van der Waals surface area (Å²) in [6, 6.07) is 6.02. The van der Waals surface area contributed by atoms with Crippen molar-refractivity contribution in [3.8, 4) is 0 Å². The number of rotatable bonds is 2. The Hall–Kier alpha value is -1.42. The summed E-state index contributed by atoms with van der Waals surface area (Å²) in [5, 5.41) is 0. The zero-order valence-corrected chi connectivity index (χ0v) is 7.16. The Balaban J connectivity index is 2.95. The Morgan fingerprint density at radius 3 is 2.69 bits per heavy atom. The predicted octanol–water partition coefficient (Wildman–Crippen LogP) is 1.35. The van der Waals surface area contributed by atoms with Crippen molar-refractivity contribution in [2.24, 2.45) is 5.90 Å². The molecule has 70 valence electrons. The molecule has 0 amide bonds. The van der Waals surface area contributed by atoms with Gasteiger partial charge in [-0.25, -0.2) is 9.18 Å². The van der Waals surface area contributed by atoms with E-state index in [0.29, 0.717) is 0 Å². The van der Waals surface area contributed by atoms with E-state index in [1.165, 1.54) is 19.1 Å². The highest BCUT2D eigenvalue weighted by atomic mass is 19.1. The maximum Gasteiger partial charge on any atom is 0.331 e. The largest absolute Gasteiger partial charge is 0.373 e. The number of carbonyl (C=O) groups excluding carboxylic acids is 1. The van der Waals surface area contributed by atoms with Crippen molar-refractivity contribution in [2.45, 2.75) is 12.8 Å². The lowest BCUT2D eigenvalue weighted by atomic mass is 10.0. The Bertz CT molecular complexity index is 314. The Morgan fingerprint density at radius 2 is 2.15 bits per heavy atom. The molecule has 3 nitrogen and oxygen atoms in total. The van der Waals surface area contributed by atoms with Crippen LogP contribution in [0.2, 0.25) is 0 Å². The standard InChI is InChI=1S/C9H10FNO2/c1-6(9(12)13-11)7-4-2-3-5-8(7)10/h2-6H,11H2,1H3. The van der Waals surface area contributed by atoms with Gasteiger partial charge in [-0.1, -0.05) is 18.2 Å². The number of carbonyl (C=O) groups is 1. The minimum atomic E-state index is -0.675. The van der Waals surface area contributed by atoms with E-state index < -0.39 is 17.7 Å². The second-order valence-corrected chi connectivity index (χ2v) is 2.68. The first-order valence-electron chi connectivity index (χ1n) is 3.81. The number of benzene rings is 1. The van der Waals surface area contributed by atoms with Gasteiger partial charge in [-0.2, -0.15) is 5.90 Å². The van der Waals surface area contributed by atoms with Crippen LogP contribution in [0.15, 0.2) is 24.3 Å². The molecular formula is C9H10FNO2. The first kappa shape index (κ1) is 9.67. The Morgan fingerprint density at radius 1 is 1.54 bits per heavy atom. The zero-order chi connectivity index (χ0) is 9.84. The molecule has 0 saturated carbocycles. The molecule has 2 N–H and O–H groups in total. The van der Waals surface area contributed by atoms with Crippen LogP contribution in [0.3, 0.4) is 0 Å². The summed E-state index contributed by atoms with van der Waals surface area (Å²) < 4.78 is 13.1. The molecule has 0 heterocycles. The molecular weight excluding hydrogens is 173 g/mol. The highest BCUT2D eigenvalue weighted by molar-refractivity contribution is 5.77. The van der Waals surface area contributed by atoms with Crippen LogP contribution in [0.1, 0.15) is 18.4 Å². The molecule has 0 aliphatic carbocycles. The SMILES string of the molecule is CC(C(=O)ON)c1ccccc1F. The molecule has 0 aliphatic rings. The van der Waals surface area contributed by atoms with Crippen LogP contribution in [-0.2, 0) is 9.63 Å². The number of hydrogen-bond donors (Lipinski definition) is 1. The van der Waals surface area contributed by atoms with E-state index in [1.807, 2.05) is 0 Å². The van der Waals surface area contributed by atoms with Gasteiger partial charge in [0.1, 0.15) is 5.82 Å². The molecule has 1 unspecified atom stereocenters. The summed E-state index contributed by atoms with van der Waals surface area (Å²) in [4.78, 5) is 15.0. The van der Waals surface area contributed by atoms with Gasteiger partial charge in [-0.15, -0.1) is 0 Å². The third kappa shape index (κ3) is 2.03. The van der Waals surface area contributed by atoms with Gasteiger partial charge in [0.05, 0.1) is 5.92 Å². The Labute approximate surface area is 75.3 Å². The van der Waals surface area contributed by atoms with Crippen molar-refractivity contribution in [3.63, 3.8) is 0 Å². The van der Waals surface area contributed by atoms with Crippen molar-refractivity contribution < 1.29 is 14.0 Å². The third-order valence-electron chi connectivity index (χ3n) is 1.84. The van der Waals surface area contributed by atoms with Gasteiger partial charge in [0.2, 0.25) is 0 Å². The molecule has 13 heavy (non-hydrogen) atoms. The van der Waals surface area contributed by atoms with Crippen molar-refractivity contribution in [2.75, 3.05) is 0 Å². The van der Waals surface area contributed by atoms with Gasteiger partial charge in [0, 0.05) is 5.56 Å². The van der Waals surface area contributed by atoms with Crippen LogP contribution in [-0.4, -0.2) is 5.97 Å².